The number of benzene rings is 1. The van der Waals surface area contributed by atoms with Crippen LogP contribution >= 0.6 is 0 Å². The molecule has 1 aromatic rings. The monoisotopic (exact) mass is 310 g/mol. The molecule has 0 saturated carbocycles. The molecule has 1 unspecified atom stereocenters. The molecule has 1 atom stereocenters. The molecule has 0 radical (unpaired) electrons. The fraction of sp³-hybridized carbons (Fsp3) is 0.500. The van der Waals surface area contributed by atoms with E-state index in [2.05, 4.69) is 5.32 Å². The maximum absolute atomic E-state index is 13.0. The predicted molar refractivity (Wildman–Crippen MR) is 81.7 cm³/mol. The van der Waals surface area contributed by atoms with Crippen LogP contribution in [0.3, 0.4) is 0 Å². The highest BCUT2D eigenvalue weighted by atomic mass is 19.1. The average molecular weight is 310 g/mol. The highest BCUT2D eigenvalue weighted by Gasteiger charge is 2.28. The first-order chi connectivity index (χ1) is 10.1. The fourth-order valence-electron chi connectivity index (χ4n) is 2.10. The van der Waals surface area contributed by atoms with Crippen molar-refractivity contribution in [3.05, 3.63) is 35.6 Å². The van der Waals surface area contributed by atoms with Gasteiger partial charge in [0.25, 0.3) is 0 Å². The smallest absolute Gasteiger partial charge is 0.327 e. The molecule has 122 valence electrons. The molecule has 0 heterocycles. The molecule has 0 aliphatic carbocycles. The summed E-state index contributed by atoms with van der Waals surface area (Å²) in [6.45, 7) is 5.66. The number of methoxy groups -OCH3 is 1. The van der Waals surface area contributed by atoms with Gasteiger partial charge in [0.05, 0.1) is 13.7 Å². The van der Waals surface area contributed by atoms with Gasteiger partial charge in [0, 0.05) is 5.54 Å². The predicted octanol–water partition coefficient (Wildman–Crippen LogP) is 1.89. The number of nitrogens with zero attached hydrogens (tertiary/aromatic N) is 1. The largest absolute Gasteiger partial charge is 0.468 e. The lowest BCUT2D eigenvalue weighted by atomic mass is 10.1. The van der Waals surface area contributed by atoms with Gasteiger partial charge in [0.2, 0.25) is 5.91 Å². The second kappa shape index (κ2) is 7.35. The van der Waals surface area contributed by atoms with Crippen LogP contribution in [0.25, 0.3) is 0 Å². The zero-order chi connectivity index (χ0) is 16.9. The minimum atomic E-state index is -0.767. The maximum Gasteiger partial charge on any atom is 0.327 e. The van der Waals surface area contributed by atoms with Gasteiger partial charge < -0.3 is 10.1 Å². The maximum atomic E-state index is 13.0. The average Bonchev–Trinajstić information content (AvgIpc) is 2.38. The van der Waals surface area contributed by atoms with Crippen LogP contribution in [0.2, 0.25) is 0 Å². The number of amides is 1. The highest BCUT2D eigenvalue weighted by Crippen LogP contribution is 2.21. The van der Waals surface area contributed by atoms with Crippen molar-refractivity contribution >= 4 is 11.9 Å². The number of hydrogen-bond acceptors (Lipinski definition) is 4. The Morgan fingerprint density at radius 3 is 2.27 bits per heavy atom. The number of likely N-dealkylation sites (N-methyl/N-ethyl adjacent to an activating group) is 1. The van der Waals surface area contributed by atoms with Crippen molar-refractivity contribution in [1.82, 2.24) is 10.2 Å². The minimum Gasteiger partial charge on any atom is -0.468 e. The Hall–Kier alpha value is -1.95. The van der Waals surface area contributed by atoms with Gasteiger partial charge in [-0.25, -0.2) is 9.18 Å². The molecule has 0 aliphatic heterocycles. The second-order valence-electron chi connectivity index (χ2n) is 6.19. The van der Waals surface area contributed by atoms with E-state index in [9.17, 15) is 14.0 Å². The van der Waals surface area contributed by atoms with E-state index in [4.69, 9.17) is 4.74 Å². The van der Waals surface area contributed by atoms with Crippen LogP contribution in [-0.4, -0.2) is 43.0 Å². The molecule has 0 fully saturated rings. The number of carbonyl (C=O) groups is 2. The number of ether oxygens (including phenoxy) is 1. The van der Waals surface area contributed by atoms with Crippen molar-refractivity contribution in [2.75, 3.05) is 20.7 Å². The molecular weight excluding hydrogens is 287 g/mol. The van der Waals surface area contributed by atoms with E-state index in [1.165, 1.54) is 31.4 Å². The van der Waals surface area contributed by atoms with Gasteiger partial charge in [0.1, 0.15) is 11.9 Å². The summed E-state index contributed by atoms with van der Waals surface area (Å²) < 4.78 is 17.8. The number of nitrogens with one attached hydrogen (secondary N) is 1. The lowest BCUT2D eigenvalue weighted by molar-refractivity contribution is -0.147. The minimum absolute atomic E-state index is 0.0222. The Balaban J connectivity index is 2.90. The summed E-state index contributed by atoms with van der Waals surface area (Å²) in [6, 6.07) is 4.80. The molecule has 1 rings (SSSR count). The third-order valence-corrected chi connectivity index (χ3v) is 2.96. The molecule has 1 N–H and O–H groups in total. The SMILES string of the molecule is COC(=O)C(c1ccc(F)cc1)N(C)CC(=O)NC(C)(C)C. The van der Waals surface area contributed by atoms with Crippen LogP contribution in [0.4, 0.5) is 4.39 Å². The molecule has 0 aliphatic rings. The van der Waals surface area contributed by atoms with Crippen molar-refractivity contribution in [3.8, 4) is 0 Å². The van der Waals surface area contributed by atoms with Crippen LogP contribution in [0.1, 0.15) is 32.4 Å². The molecule has 22 heavy (non-hydrogen) atoms. The zero-order valence-corrected chi connectivity index (χ0v) is 13.6. The number of hydrogen-bond donors (Lipinski definition) is 1. The van der Waals surface area contributed by atoms with Crippen molar-refractivity contribution in [3.63, 3.8) is 0 Å². The Labute approximate surface area is 130 Å². The van der Waals surface area contributed by atoms with Gasteiger partial charge in [-0.15, -0.1) is 0 Å². The van der Waals surface area contributed by atoms with Crippen LogP contribution in [0, 0.1) is 5.82 Å². The van der Waals surface area contributed by atoms with E-state index in [0.717, 1.165) is 0 Å². The molecule has 0 spiro atoms. The molecule has 1 aromatic carbocycles. The molecule has 0 saturated heterocycles. The van der Waals surface area contributed by atoms with Gasteiger partial charge in [-0.1, -0.05) is 12.1 Å². The van der Waals surface area contributed by atoms with E-state index in [1.807, 2.05) is 20.8 Å². The molecule has 0 aromatic heterocycles. The van der Waals surface area contributed by atoms with Crippen LogP contribution in [0.5, 0.6) is 0 Å². The van der Waals surface area contributed by atoms with Gasteiger partial charge in [-0.05, 0) is 45.5 Å². The van der Waals surface area contributed by atoms with E-state index in [-0.39, 0.29) is 23.8 Å². The lowest BCUT2D eigenvalue weighted by Gasteiger charge is -2.28. The number of carbonyl (C=O) groups excluding carboxylic acids is 2. The first kappa shape index (κ1) is 18.1. The van der Waals surface area contributed by atoms with E-state index in [0.29, 0.717) is 5.56 Å². The number of rotatable bonds is 5. The molecule has 1 amide bonds. The normalized spacial score (nSPS) is 12.9. The van der Waals surface area contributed by atoms with Gasteiger partial charge in [0.15, 0.2) is 0 Å². The quantitative estimate of drug-likeness (QED) is 0.844. The molecule has 0 bridgehead atoms. The van der Waals surface area contributed by atoms with Crippen LogP contribution in [-0.2, 0) is 14.3 Å². The summed E-state index contributed by atoms with van der Waals surface area (Å²) in [5.41, 5.74) is 0.216. The Kier molecular flexibility index (Phi) is 6.05. The summed E-state index contributed by atoms with van der Waals surface area (Å²) in [5, 5.41) is 2.83. The van der Waals surface area contributed by atoms with Crippen molar-refractivity contribution in [1.29, 1.82) is 0 Å². The van der Waals surface area contributed by atoms with Gasteiger partial charge in [-0.3, -0.25) is 9.69 Å². The first-order valence-corrected chi connectivity index (χ1v) is 6.98. The second-order valence-corrected chi connectivity index (χ2v) is 6.19. The summed E-state index contributed by atoms with van der Waals surface area (Å²) in [4.78, 5) is 25.6. The first-order valence-electron chi connectivity index (χ1n) is 6.98. The lowest BCUT2D eigenvalue weighted by Crippen LogP contribution is -2.46. The third kappa shape index (κ3) is 5.44. The Bertz CT molecular complexity index is 523. The summed E-state index contributed by atoms with van der Waals surface area (Å²) in [5.74, 6) is -1.09. The van der Waals surface area contributed by atoms with Crippen LogP contribution < -0.4 is 5.32 Å². The Morgan fingerprint density at radius 2 is 1.82 bits per heavy atom. The molecule has 6 heteroatoms. The zero-order valence-electron chi connectivity index (χ0n) is 13.6. The number of halogens is 1. The van der Waals surface area contributed by atoms with Crippen molar-refractivity contribution < 1.29 is 18.7 Å². The van der Waals surface area contributed by atoms with Gasteiger partial charge in [-0.2, -0.15) is 0 Å². The van der Waals surface area contributed by atoms with Crippen molar-refractivity contribution in [2.45, 2.75) is 32.4 Å². The molecule has 5 nitrogen and oxygen atoms in total. The molecular formula is C16H23FN2O3. The summed E-state index contributed by atoms with van der Waals surface area (Å²) >= 11 is 0. The van der Waals surface area contributed by atoms with Crippen molar-refractivity contribution in [2.24, 2.45) is 0 Å². The van der Waals surface area contributed by atoms with Gasteiger partial charge >= 0.3 is 5.97 Å². The topological polar surface area (TPSA) is 58.6 Å². The van der Waals surface area contributed by atoms with Crippen LogP contribution in [0.15, 0.2) is 24.3 Å². The highest BCUT2D eigenvalue weighted by molar-refractivity contribution is 5.81. The van der Waals surface area contributed by atoms with E-state index < -0.39 is 12.0 Å². The van der Waals surface area contributed by atoms with E-state index >= 15 is 0 Å². The third-order valence-electron chi connectivity index (χ3n) is 2.96. The fourth-order valence-corrected chi connectivity index (χ4v) is 2.10. The number of esters is 1. The summed E-state index contributed by atoms with van der Waals surface area (Å²) in [6.07, 6.45) is 0. The van der Waals surface area contributed by atoms with E-state index in [1.54, 1.807) is 11.9 Å². The Morgan fingerprint density at radius 1 is 1.27 bits per heavy atom. The standard InChI is InChI=1S/C16H23FN2O3/c1-16(2,3)18-13(20)10-19(4)14(15(21)22-5)11-6-8-12(17)9-7-11/h6-9,14H,10H2,1-5H3,(H,18,20). The summed E-state index contributed by atoms with van der Waals surface area (Å²) in [7, 11) is 2.93.